The molecule has 1 aromatic carbocycles. The van der Waals surface area contributed by atoms with Crippen LogP contribution in [0.25, 0.3) is 0 Å². The molecule has 0 aliphatic carbocycles. The van der Waals surface area contributed by atoms with E-state index in [1.807, 2.05) is 38.1 Å². The molecule has 1 aliphatic heterocycles. The molecule has 108 valence electrons. The fraction of sp³-hybridized carbons (Fsp3) is 0.500. The highest BCUT2D eigenvalue weighted by Crippen LogP contribution is 2.31. The van der Waals surface area contributed by atoms with Crippen molar-refractivity contribution in [2.45, 2.75) is 39.2 Å². The SMILES string of the molecule is CCC(C)CC(=O)N1CCc2ccccc2C1C(=O)O. The minimum Gasteiger partial charge on any atom is -0.479 e. The number of carbonyl (C=O) groups excluding carboxylic acids is 1. The largest absolute Gasteiger partial charge is 0.479 e. The molecule has 4 heteroatoms. The van der Waals surface area contributed by atoms with Gasteiger partial charge in [-0.3, -0.25) is 4.79 Å². The van der Waals surface area contributed by atoms with Crippen LogP contribution in [-0.4, -0.2) is 28.4 Å². The number of carbonyl (C=O) groups is 2. The number of hydrogen-bond donors (Lipinski definition) is 1. The summed E-state index contributed by atoms with van der Waals surface area (Å²) < 4.78 is 0. The number of amides is 1. The first kappa shape index (κ1) is 14.6. The van der Waals surface area contributed by atoms with Gasteiger partial charge in [0.05, 0.1) is 0 Å². The smallest absolute Gasteiger partial charge is 0.331 e. The van der Waals surface area contributed by atoms with Gasteiger partial charge in [0.15, 0.2) is 6.04 Å². The van der Waals surface area contributed by atoms with Gasteiger partial charge >= 0.3 is 5.97 Å². The maximum Gasteiger partial charge on any atom is 0.331 e. The van der Waals surface area contributed by atoms with Crippen LogP contribution in [0.1, 0.15) is 43.9 Å². The van der Waals surface area contributed by atoms with Crippen molar-refractivity contribution in [3.8, 4) is 0 Å². The normalized spacial score (nSPS) is 19.3. The maximum atomic E-state index is 12.4. The van der Waals surface area contributed by atoms with Crippen LogP contribution in [0.3, 0.4) is 0 Å². The van der Waals surface area contributed by atoms with E-state index in [4.69, 9.17) is 0 Å². The Morgan fingerprint density at radius 1 is 1.40 bits per heavy atom. The van der Waals surface area contributed by atoms with Gasteiger partial charge in [0.25, 0.3) is 0 Å². The van der Waals surface area contributed by atoms with E-state index in [9.17, 15) is 14.7 Å². The van der Waals surface area contributed by atoms with E-state index in [0.29, 0.717) is 13.0 Å². The van der Waals surface area contributed by atoms with E-state index in [1.54, 1.807) is 0 Å². The van der Waals surface area contributed by atoms with Crippen LogP contribution in [-0.2, 0) is 16.0 Å². The van der Waals surface area contributed by atoms with Crippen molar-refractivity contribution in [3.05, 3.63) is 35.4 Å². The van der Waals surface area contributed by atoms with Crippen molar-refractivity contribution >= 4 is 11.9 Å². The third-order valence-electron chi connectivity index (χ3n) is 4.06. The first-order valence-corrected chi connectivity index (χ1v) is 7.14. The highest BCUT2D eigenvalue weighted by atomic mass is 16.4. The van der Waals surface area contributed by atoms with Crippen LogP contribution < -0.4 is 0 Å². The molecule has 2 rings (SSSR count). The topological polar surface area (TPSA) is 57.6 Å². The second-order valence-corrected chi connectivity index (χ2v) is 5.49. The zero-order chi connectivity index (χ0) is 14.7. The zero-order valence-corrected chi connectivity index (χ0v) is 12.0. The highest BCUT2D eigenvalue weighted by Gasteiger charge is 2.35. The van der Waals surface area contributed by atoms with Gasteiger partial charge in [-0.1, -0.05) is 44.5 Å². The summed E-state index contributed by atoms with van der Waals surface area (Å²) in [4.78, 5) is 25.5. The molecule has 0 fully saturated rings. The van der Waals surface area contributed by atoms with Crippen LogP contribution in [0.4, 0.5) is 0 Å². The summed E-state index contributed by atoms with van der Waals surface area (Å²) in [6, 6.07) is 6.67. The Kier molecular flexibility index (Phi) is 4.42. The van der Waals surface area contributed by atoms with Gasteiger partial charge in [0, 0.05) is 13.0 Å². The Hall–Kier alpha value is -1.84. The maximum absolute atomic E-state index is 12.4. The predicted molar refractivity (Wildman–Crippen MR) is 76.3 cm³/mol. The molecule has 1 aromatic rings. The second-order valence-electron chi connectivity index (χ2n) is 5.49. The molecule has 0 radical (unpaired) electrons. The van der Waals surface area contributed by atoms with E-state index in [2.05, 4.69) is 0 Å². The minimum absolute atomic E-state index is 0.0544. The first-order valence-electron chi connectivity index (χ1n) is 7.14. The molecular formula is C16H21NO3. The molecule has 0 saturated carbocycles. The van der Waals surface area contributed by atoms with Crippen LogP contribution in [0, 0.1) is 5.92 Å². The lowest BCUT2D eigenvalue weighted by Crippen LogP contribution is -2.43. The molecule has 2 unspecified atom stereocenters. The van der Waals surface area contributed by atoms with Gasteiger partial charge in [0.2, 0.25) is 5.91 Å². The molecule has 0 aromatic heterocycles. The second kappa shape index (κ2) is 6.07. The molecule has 2 atom stereocenters. The zero-order valence-electron chi connectivity index (χ0n) is 12.0. The third-order valence-corrected chi connectivity index (χ3v) is 4.06. The fourth-order valence-corrected chi connectivity index (χ4v) is 2.66. The number of fused-ring (bicyclic) bond motifs is 1. The monoisotopic (exact) mass is 275 g/mol. The van der Waals surface area contributed by atoms with Gasteiger partial charge in [0.1, 0.15) is 0 Å². The molecule has 0 saturated heterocycles. The summed E-state index contributed by atoms with van der Waals surface area (Å²) in [6.45, 7) is 4.55. The number of hydrogen-bond acceptors (Lipinski definition) is 2. The standard InChI is InChI=1S/C16H21NO3/c1-3-11(2)10-14(18)17-9-8-12-6-4-5-7-13(12)15(17)16(19)20/h4-7,11,15H,3,8-10H2,1-2H3,(H,19,20). The van der Waals surface area contributed by atoms with Crippen molar-refractivity contribution < 1.29 is 14.7 Å². The summed E-state index contributed by atoms with van der Waals surface area (Å²) in [6.07, 6.45) is 2.07. The number of nitrogens with zero attached hydrogens (tertiary/aromatic N) is 1. The Morgan fingerprint density at radius 3 is 2.75 bits per heavy atom. The van der Waals surface area contributed by atoms with Gasteiger partial charge in [-0.15, -0.1) is 0 Å². The number of benzene rings is 1. The van der Waals surface area contributed by atoms with Crippen molar-refractivity contribution in [2.24, 2.45) is 5.92 Å². The predicted octanol–water partition coefficient (Wildman–Crippen LogP) is 2.63. The molecule has 20 heavy (non-hydrogen) atoms. The first-order chi connectivity index (χ1) is 9.54. The summed E-state index contributed by atoms with van der Waals surface area (Å²) in [7, 11) is 0. The molecule has 0 bridgehead atoms. The lowest BCUT2D eigenvalue weighted by molar-refractivity contribution is -0.151. The Bertz CT molecular complexity index is 512. The highest BCUT2D eigenvalue weighted by molar-refractivity contribution is 5.85. The summed E-state index contributed by atoms with van der Waals surface area (Å²) >= 11 is 0. The van der Waals surface area contributed by atoms with Crippen LogP contribution in [0.2, 0.25) is 0 Å². The molecule has 1 N–H and O–H groups in total. The number of rotatable bonds is 4. The molecule has 4 nitrogen and oxygen atoms in total. The van der Waals surface area contributed by atoms with E-state index in [1.165, 1.54) is 4.90 Å². The van der Waals surface area contributed by atoms with Crippen LogP contribution in [0.15, 0.2) is 24.3 Å². The molecule has 1 amide bonds. The lowest BCUT2D eigenvalue weighted by Gasteiger charge is -2.35. The van der Waals surface area contributed by atoms with E-state index >= 15 is 0 Å². The average molecular weight is 275 g/mol. The van der Waals surface area contributed by atoms with Gasteiger partial charge < -0.3 is 10.0 Å². The van der Waals surface area contributed by atoms with Gasteiger partial charge in [-0.25, -0.2) is 4.79 Å². The molecular weight excluding hydrogens is 254 g/mol. The Balaban J connectivity index is 2.27. The van der Waals surface area contributed by atoms with Crippen molar-refractivity contribution in [2.75, 3.05) is 6.54 Å². The number of carboxylic acid groups (broad SMARTS) is 1. The number of aliphatic carboxylic acids is 1. The number of carboxylic acids is 1. The van der Waals surface area contributed by atoms with Crippen molar-refractivity contribution in [1.29, 1.82) is 0 Å². The molecule has 0 spiro atoms. The summed E-state index contributed by atoms with van der Waals surface area (Å²) in [5.74, 6) is -0.718. The van der Waals surface area contributed by atoms with Gasteiger partial charge in [-0.05, 0) is 23.5 Å². The van der Waals surface area contributed by atoms with E-state index in [-0.39, 0.29) is 11.8 Å². The summed E-state index contributed by atoms with van der Waals surface area (Å²) in [5, 5.41) is 9.50. The molecule has 1 aliphatic rings. The lowest BCUT2D eigenvalue weighted by atomic mass is 9.91. The van der Waals surface area contributed by atoms with E-state index in [0.717, 1.165) is 24.0 Å². The fourth-order valence-electron chi connectivity index (χ4n) is 2.66. The minimum atomic E-state index is -0.949. The Morgan fingerprint density at radius 2 is 2.10 bits per heavy atom. The molecule has 1 heterocycles. The van der Waals surface area contributed by atoms with Crippen molar-refractivity contribution in [1.82, 2.24) is 4.90 Å². The third kappa shape index (κ3) is 2.84. The van der Waals surface area contributed by atoms with E-state index < -0.39 is 12.0 Å². The van der Waals surface area contributed by atoms with Crippen LogP contribution >= 0.6 is 0 Å². The Labute approximate surface area is 119 Å². The van der Waals surface area contributed by atoms with Crippen LogP contribution in [0.5, 0.6) is 0 Å². The van der Waals surface area contributed by atoms with Crippen molar-refractivity contribution in [3.63, 3.8) is 0 Å². The van der Waals surface area contributed by atoms with Gasteiger partial charge in [-0.2, -0.15) is 0 Å². The summed E-state index contributed by atoms with van der Waals surface area (Å²) in [5.41, 5.74) is 1.79. The quantitative estimate of drug-likeness (QED) is 0.919. The average Bonchev–Trinajstić information content (AvgIpc) is 2.45.